The van der Waals surface area contributed by atoms with Gasteiger partial charge in [-0.05, 0) is 31.9 Å². The molecule has 5 heteroatoms. The van der Waals surface area contributed by atoms with E-state index in [0.29, 0.717) is 18.2 Å². The standard InChI is InChI=1S/C16H21N3O2/c1-17-14(12-7-4-3-5-8-12)15-19-18-13(21-15)11-16(20-2)9-6-10-16/h3-5,7-8,14,17H,6,9-11H2,1-2H3. The molecule has 112 valence electrons. The van der Waals surface area contributed by atoms with Crippen molar-refractivity contribution in [2.24, 2.45) is 0 Å². The second kappa shape index (κ2) is 5.95. The summed E-state index contributed by atoms with van der Waals surface area (Å²) in [5.74, 6) is 1.26. The van der Waals surface area contributed by atoms with Crippen LogP contribution in [0.1, 0.15) is 42.6 Å². The van der Waals surface area contributed by atoms with E-state index < -0.39 is 0 Å². The maximum Gasteiger partial charge on any atom is 0.237 e. The predicted octanol–water partition coefficient (Wildman–Crippen LogP) is 2.49. The SMILES string of the molecule is CNC(c1ccccc1)c1nnc(CC2(OC)CCC2)o1. The molecule has 1 unspecified atom stereocenters. The van der Waals surface area contributed by atoms with Crippen LogP contribution in [0.5, 0.6) is 0 Å². The zero-order chi connectivity index (χ0) is 14.7. The fourth-order valence-corrected chi connectivity index (χ4v) is 2.83. The molecule has 1 N–H and O–H groups in total. The first-order valence-corrected chi connectivity index (χ1v) is 7.36. The molecule has 1 aromatic carbocycles. The first-order valence-electron chi connectivity index (χ1n) is 7.36. The van der Waals surface area contributed by atoms with Crippen molar-refractivity contribution in [1.29, 1.82) is 0 Å². The Balaban J connectivity index is 1.77. The number of hydrogen-bond donors (Lipinski definition) is 1. The molecule has 3 rings (SSSR count). The molecule has 1 atom stereocenters. The topological polar surface area (TPSA) is 60.2 Å². The van der Waals surface area contributed by atoms with E-state index in [9.17, 15) is 0 Å². The molecule has 0 spiro atoms. The summed E-state index contributed by atoms with van der Waals surface area (Å²) in [4.78, 5) is 0. The second-order valence-corrected chi connectivity index (χ2v) is 5.58. The van der Waals surface area contributed by atoms with Crippen molar-refractivity contribution >= 4 is 0 Å². The quantitative estimate of drug-likeness (QED) is 0.884. The molecule has 1 saturated carbocycles. The van der Waals surface area contributed by atoms with Gasteiger partial charge in [-0.3, -0.25) is 0 Å². The molecule has 0 amide bonds. The minimum absolute atomic E-state index is 0.0765. The van der Waals surface area contributed by atoms with Crippen LogP contribution >= 0.6 is 0 Å². The monoisotopic (exact) mass is 287 g/mol. The number of ether oxygens (including phenoxy) is 1. The van der Waals surface area contributed by atoms with Crippen molar-refractivity contribution in [3.63, 3.8) is 0 Å². The van der Waals surface area contributed by atoms with Gasteiger partial charge in [-0.2, -0.15) is 0 Å². The summed E-state index contributed by atoms with van der Waals surface area (Å²) in [5, 5.41) is 11.6. The molecule has 0 saturated heterocycles. The number of benzene rings is 1. The largest absolute Gasteiger partial charge is 0.423 e. The van der Waals surface area contributed by atoms with Crippen LogP contribution in [0, 0.1) is 0 Å². The maximum absolute atomic E-state index is 5.86. The Morgan fingerprint density at radius 2 is 2.05 bits per heavy atom. The molecule has 2 aromatic rings. The fourth-order valence-electron chi connectivity index (χ4n) is 2.83. The minimum Gasteiger partial charge on any atom is -0.423 e. The summed E-state index contributed by atoms with van der Waals surface area (Å²) in [5.41, 5.74) is 1.02. The van der Waals surface area contributed by atoms with E-state index in [1.807, 2.05) is 37.4 Å². The van der Waals surface area contributed by atoms with E-state index in [4.69, 9.17) is 9.15 Å². The molecule has 0 aliphatic heterocycles. The summed E-state index contributed by atoms with van der Waals surface area (Å²) in [7, 11) is 3.65. The van der Waals surface area contributed by atoms with Crippen molar-refractivity contribution in [3.05, 3.63) is 47.7 Å². The van der Waals surface area contributed by atoms with Crippen molar-refractivity contribution in [3.8, 4) is 0 Å². The van der Waals surface area contributed by atoms with Gasteiger partial charge >= 0.3 is 0 Å². The Kier molecular flexibility index (Phi) is 4.03. The molecule has 1 aromatic heterocycles. The number of methoxy groups -OCH3 is 1. The van der Waals surface area contributed by atoms with Crippen LogP contribution in [0.25, 0.3) is 0 Å². The number of rotatable bonds is 6. The lowest BCUT2D eigenvalue weighted by molar-refractivity contribution is -0.0747. The highest BCUT2D eigenvalue weighted by Gasteiger charge is 2.39. The third kappa shape index (κ3) is 2.84. The van der Waals surface area contributed by atoms with Gasteiger partial charge in [0.25, 0.3) is 0 Å². The van der Waals surface area contributed by atoms with Gasteiger partial charge in [0.2, 0.25) is 11.8 Å². The Morgan fingerprint density at radius 3 is 2.62 bits per heavy atom. The number of nitrogens with zero attached hydrogens (tertiary/aromatic N) is 2. The molecule has 21 heavy (non-hydrogen) atoms. The fraction of sp³-hybridized carbons (Fsp3) is 0.500. The molecular weight excluding hydrogens is 266 g/mol. The van der Waals surface area contributed by atoms with E-state index in [1.54, 1.807) is 7.11 Å². The molecule has 5 nitrogen and oxygen atoms in total. The normalized spacial score (nSPS) is 18.2. The van der Waals surface area contributed by atoms with Crippen LogP contribution in [-0.4, -0.2) is 30.0 Å². The zero-order valence-corrected chi connectivity index (χ0v) is 12.5. The smallest absolute Gasteiger partial charge is 0.237 e. The van der Waals surface area contributed by atoms with E-state index in [-0.39, 0.29) is 11.6 Å². The highest BCUT2D eigenvalue weighted by molar-refractivity contribution is 5.23. The molecule has 0 bridgehead atoms. The second-order valence-electron chi connectivity index (χ2n) is 5.58. The van der Waals surface area contributed by atoms with Gasteiger partial charge in [0, 0.05) is 7.11 Å². The molecule has 1 fully saturated rings. The van der Waals surface area contributed by atoms with Gasteiger partial charge < -0.3 is 14.5 Å². The Bertz CT molecular complexity index is 573. The van der Waals surface area contributed by atoms with Crippen LogP contribution in [0.4, 0.5) is 0 Å². The van der Waals surface area contributed by atoms with Crippen LogP contribution in [0.2, 0.25) is 0 Å². The summed E-state index contributed by atoms with van der Waals surface area (Å²) in [6, 6.07) is 10.0. The van der Waals surface area contributed by atoms with Crippen molar-refractivity contribution in [1.82, 2.24) is 15.5 Å². The van der Waals surface area contributed by atoms with E-state index in [2.05, 4.69) is 15.5 Å². The molecule has 0 radical (unpaired) electrons. The van der Waals surface area contributed by atoms with Gasteiger partial charge in [0.1, 0.15) is 6.04 Å². The van der Waals surface area contributed by atoms with Gasteiger partial charge in [-0.15, -0.1) is 10.2 Å². The molecule has 1 heterocycles. The van der Waals surface area contributed by atoms with Crippen LogP contribution in [-0.2, 0) is 11.2 Å². The summed E-state index contributed by atoms with van der Waals surface area (Å²) >= 11 is 0. The van der Waals surface area contributed by atoms with E-state index >= 15 is 0 Å². The average molecular weight is 287 g/mol. The third-order valence-electron chi connectivity index (χ3n) is 4.32. The Hall–Kier alpha value is -1.72. The highest BCUT2D eigenvalue weighted by atomic mass is 16.5. The van der Waals surface area contributed by atoms with Gasteiger partial charge in [-0.25, -0.2) is 0 Å². The number of hydrogen-bond acceptors (Lipinski definition) is 5. The van der Waals surface area contributed by atoms with Crippen molar-refractivity contribution in [2.75, 3.05) is 14.2 Å². The summed E-state index contributed by atoms with van der Waals surface area (Å²) in [6.07, 6.45) is 4.03. The van der Waals surface area contributed by atoms with Crippen LogP contribution in [0.3, 0.4) is 0 Å². The molecule has 1 aliphatic carbocycles. The first kappa shape index (κ1) is 14.2. The lowest BCUT2D eigenvalue weighted by Gasteiger charge is -2.39. The predicted molar refractivity (Wildman–Crippen MR) is 78.9 cm³/mol. The Labute approximate surface area is 124 Å². The third-order valence-corrected chi connectivity index (χ3v) is 4.32. The van der Waals surface area contributed by atoms with Gasteiger partial charge in [0.05, 0.1) is 12.0 Å². The van der Waals surface area contributed by atoms with E-state index in [1.165, 1.54) is 6.42 Å². The van der Waals surface area contributed by atoms with Crippen LogP contribution in [0.15, 0.2) is 34.7 Å². The first-order chi connectivity index (χ1) is 10.3. The summed E-state index contributed by atoms with van der Waals surface area (Å²) in [6.45, 7) is 0. The van der Waals surface area contributed by atoms with Crippen LogP contribution < -0.4 is 5.32 Å². The summed E-state index contributed by atoms with van der Waals surface area (Å²) < 4.78 is 11.5. The highest BCUT2D eigenvalue weighted by Crippen LogP contribution is 2.37. The number of nitrogens with one attached hydrogen (secondary N) is 1. The number of aromatic nitrogens is 2. The maximum atomic E-state index is 5.86. The molecular formula is C16H21N3O2. The minimum atomic E-state index is -0.0916. The van der Waals surface area contributed by atoms with Gasteiger partial charge in [0.15, 0.2) is 0 Å². The zero-order valence-electron chi connectivity index (χ0n) is 12.5. The van der Waals surface area contributed by atoms with Crippen molar-refractivity contribution in [2.45, 2.75) is 37.3 Å². The lowest BCUT2D eigenvalue weighted by atomic mass is 9.77. The lowest BCUT2D eigenvalue weighted by Crippen LogP contribution is -2.41. The Morgan fingerprint density at radius 1 is 1.29 bits per heavy atom. The van der Waals surface area contributed by atoms with Gasteiger partial charge in [-0.1, -0.05) is 30.3 Å². The van der Waals surface area contributed by atoms with Crippen molar-refractivity contribution < 1.29 is 9.15 Å². The molecule has 1 aliphatic rings. The van der Waals surface area contributed by atoms with E-state index in [0.717, 1.165) is 18.4 Å². The average Bonchev–Trinajstić information content (AvgIpc) is 2.93.